The van der Waals surface area contributed by atoms with Crippen LogP contribution in [-0.4, -0.2) is 21.9 Å². The minimum Gasteiger partial charge on any atom is -0.437 e. The van der Waals surface area contributed by atoms with Crippen LogP contribution in [0.1, 0.15) is 19.8 Å². The molecule has 0 aliphatic rings. The van der Waals surface area contributed by atoms with E-state index in [1.165, 1.54) is 6.20 Å². The molecule has 0 saturated heterocycles. The number of nitrogens with zero attached hydrogens (tertiary/aromatic N) is 2. The van der Waals surface area contributed by atoms with Crippen LogP contribution in [0.3, 0.4) is 0 Å². The number of nitrogens with two attached hydrogens (primary N) is 1. The van der Waals surface area contributed by atoms with Gasteiger partial charge in [-0.1, -0.05) is 19.4 Å². The number of nitrogens with one attached hydrogen (secondary N) is 1. The summed E-state index contributed by atoms with van der Waals surface area (Å²) in [6, 6.07) is 6.55. The molecule has 1 aromatic carbocycles. The number of hydrogen-bond donors (Lipinski definition) is 2. The quantitative estimate of drug-likeness (QED) is 0.853. The first-order valence-corrected chi connectivity index (χ1v) is 6.79. The molecule has 0 aliphatic heterocycles. The van der Waals surface area contributed by atoms with Gasteiger partial charge >= 0.3 is 0 Å². The van der Waals surface area contributed by atoms with Crippen molar-refractivity contribution in [3.8, 4) is 11.6 Å². The largest absolute Gasteiger partial charge is 0.437 e. The zero-order chi connectivity index (χ0) is 15.1. The third-order valence-electron chi connectivity index (χ3n) is 2.80. The van der Waals surface area contributed by atoms with Gasteiger partial charge in [-0.3, -0.25) is 9.78 Å². The van der Waals surface area contributed by atoms with E-state index in [9.17, 15) is 4.79 Å². The van der Waals surface area contributed by atoms with Crippen molar-refractivity contribution in [2.75, 3.05) is 5.32 Å². The smallest absolute Gasteiger partial charge is 0.241 e. The maximum Gasteiger partial charge on any atom is 0.241 e. The maximum absolute atomic E-state index is 11.9. The maximum atomic E-state index is 11.9. The van der Waals surface area contributed by atoms with Gasteiger partial charge in [-0.25, -0.2) is 4.98 Å². The molecule has 0 saturated carbocycles. The highest BCUT2D eigenvalue weighted by atomic mass is 35.5. The topological polar surface area (TPSA) is 90.1 Å². The summed E-state index contributed by atoms with van der Waals surface area (Å²) < 4.78 is 5.55. The van der Waals surface area contributed by atoms with Gasteiger partial charge in [-0.15, -0.1) is 12.4 Å². The average molecular weight is 323 g/mol. The van der Waals surface area contributed by atoms with Crippen LogP contribution in [0.5, 0.6) is 11.6 Å². The number of hydrogen-bond acceptors (Lipinski definition) is 5. The lowest BCUT2D eigenvalue weighted by molar-refractivity contribution is -0.117. The molecule has 0 bridgehead atoms. The van der Waals surface area contributed by atoms with Crippen molar-refractivity contribution < 1.29 is 9.53 Å². The molecule has 7 heteroatoms. The molecule has 3 N–H and O–H groups in total. The lowest BCUT2D eigenvalue weighted by Gasteiger charge is -2.12. The lowest BCUT2D eigenvalue weighted by Crippen LogP contribution is -2.35. The van der Waals surface area contributed by atoms with E-state index in [1.54, 1.807) is 36.7 Å². The van der Waals surface area contributed by atoms with Gasteiger partial charge in [-0.2, -0.15) is 0 Å². The summed E-state index contributed by atoms with van der Waals surface area (Å²) >= 11 is 0. The molecular formula is C15H19ClN4O2. The van der Waals surface area contributed by atoms with Gasteiger partial charge in [0.05, 0.1) is 12.2 Å². The van der Waals surface area contributed by atoms with E-state index in [1.807, 2.05) is 6.92 Å². The van der Waals surface area contributed by atoms with Crippen molar-refractivity contribution in [1.82, 2.24) is 9.97 Å². The zero-order valence-corrected chi connectivity index (χ0v) is 13.0. The third kappa shape index (κ3) is 5.31. The Balaban J connectivity index is 0.00000242. The molecular weight excluding hydrogens is 304 g/mol. The number of carbonyl (C=O) groups is 1. The summed E-state index contributed by atoms with van der Waals surface area (Å²) in [5.41, 5.74) is 6.41. The molecule has 2 rings (SSSR count). The Kier molecular flexibility index (Phi) is 7.28. The number of anilines is 1. The van der Waals surface area contributed by atoms with Crippen LogP contribution in [0.2, 0.25) is 0 Å². The molecule has 22 heavy (non-hydrogen) atoms. The molecule has 1 atom stereocenters. The Morgan fingerprint density at radius 3 is 2.91 bits per heavy atom. The number of rotatable bonds is 6. The summed E-state index contributed by atoms with van der Waals surface area (Å²) in [5.74, 6) is 0.759. The third-order valence-corrected chi connectivity index (χ3v) is 2.80. The van der Waals surface area contributed by atoms with Gasteiger partial charge in [-0.05, 0) is 18.6 Å². The molecule has 2 aromatic rings. The summed E-state index contributed by atoms with van der Waals surface area (Å²) in [5, 5.41) is 2.77. The van der Waals surface area contributed by atoms with Crippen molar-refractivity contribution in [3.05, 3.63) is 42.9 Å². The Morgan fingerprint density at radius 2 is 2.23 bits per heavy atom. The number of carbonyl (C=O) groups excluding carboxylic acids is 1. The van der Waals surface area contributed by atoms with Crippen molar-refractivity contribution in [1.29, 1.82) is 0 Å². The van der Waals surface area contributed by atoms with Gasteiger partial charge < -0.3 is 15.8 Å². The fourth-order valence-corrected chi connectivity index (χ4v) is 1.77. The molecule has 0 spiro atoms. The highest BCUT2D eigenvalue weighted by Crippen LogP contribution is 2.22. The Morgan fingerprint density at radius 1 is 1.41 bits per heavy atom. The van der Waals surface area contributed by atoms with Crippen LogP contribution in [-0.2, 0) is 4.79 Å². The SMILES string of the molecule is CCCC(N)C(=O)Nc1cccc(Oc2cnccn2)c1.Cl. The fraction of sp³-hybridized carbons (Fsp3) is 0.267. The van der Waals surface area contributed by atoms with Crippen LogP contribution in [0.25, 0.3) is 0 Å². The normalized spacial score (nSPS) is 11.2. The molecule has 0 fully saturated rings. The highest BCUT2D eigenvalue weighted by Gasteiger charge is 2.12. The molecule has 1 aromatic heterocycles. The second kappa shape index (κ2) is 8.96. The first kappa shape index (κ1) is 17.9. The van der Waals surface area contributed by atoms with E-state index in [-0.39, 0.29) is 18.3 Å². The molecule has 1 unspecified atom stereocenters. The van der Waals surface area contributed by atoms with Crippen LogP contribution in [0.4, 0.5) is 5.69 Å². The van der Waals surface area contributed by atoms with E-state index in [0.717, 1.165) is 6.42 Å². The zero-order valence-electron chi connectivity index (χ0n) is 12.2. The predicted molar refractivity (Wildman–Crippen MR) is 87.3 cm³/mol. The van der Waals surface area contributed by atoms with Gasteiger partial charge in [0.1, 0.15) is 5.75 Å². The number of amides is 1. The van der Waals surface area contributed by atoms with E-state index < -0.39 is 6.04 Å². The number of halogens is 1. The van der Waals surface area contributed by atoms with Crippen molar-refractivity contribution in [2.45, 2.75) is 25.8 Å². The van der Waals surface area contributed by atoms with Crippen LogP contribution < -0.4 is 15.8 Å². The molecule has 6 nitrogen and oxygen atoms in total. The minimum atomic E-state index is -0.500. The first-order chi connectivity index (χ1) is 10.2. The Bertz CT molecular complexity index is 595. The molecule has 0 radical (unpaired) electrons. The predicted octanol–water partition coefficient (Wildman–Crippen LogP) is 2.76. The van der Waals surface area contributed by atoms with Crippen LogP contribution in [0.15, 0.2) is 42.9 Å². The summed E-state index contributed by atoms with van der Waals surface area (Å²) in [4.78, 5) is 19.8. The summed E-state index contributed by atoms with van der Waals surface area (Å²) in [6.07, 6.45) is 6.15. The first-order valence-electron chi connectivity index (χ1n) is 6.79. The molecule has 118 valence electrons. The second-order valence-electron chi connectivity index (χ2n) is 4.56. The minimum absolute atomic E-state index is 0. The highest BCUT2D eigenvalue weighted by molar-refractivity contribution is 5.94. The van der Waals surface area contributed by atoms with E-state index >= 15 is 0 Å². The number of aromatic nitrogens is 2. The van der Waals surface area contributed by atoms with E-state index in [2.05, 4.69) is 15.3 Å². The lowest BCUT2D eigenvalue weighted by atomic mass is 10.1. The van der Waals surface area contributed by atoms with Gasteiger partial charge in [0.15, 0.2) is 0 Å². The van der Waals surface area contributed by atoms with Crippen LogP contribution >= 0.6 is 12.4 Å². The Hall–Kier alpha value is -2.18. The summed E-state index contributed by atoms with van der Waals surface area (Å²) in [6.45, 7) is 1.99. The average Bonchev–Trinajstić information content (AvgIpc) is 2.49. The van der Waals surface area contributed by atoms with E-state index in [0.29, 0.717) is 23.7 Å². The van der Waals surface area contributed by atoms with Crippen molar-refractivity contribution >= 4 is 24.0 Å². The standard InChI is InChI=1S/C15H18N4O2.ClH/c1-2-4-13(16)15(20)19-11-5-3-6-12(9-11)21-14-10-17-7-8-18-14;/h3,5-10,13H,2,4,16H2,1H3,(H,19,20);1H. The van der Waals surface area contributed by atoms with Gasteiger partial charge in [0.25, 0.3) is 0 Å². The second-order valence-corrected chi connectivity index (χ2v) is 4.56. The fourth-order valence-electron chi connectivity index (χ4n) is 1.77. The summed E-state index contributed by atoms with van der Waals surface area (Å²) in [7, 11) is 0. The van der Waals surface area contributed by atoms with Crippen LogP contribution in [0, 0.1) is 0 Å². The van der Waals surface area contributed by atoms with Crippen molar-refractivity contribution in [3.63, 3.8) is 0 Å². The molecule has 1 heterocycles. The molecule has 0 aliphatic carbocycles. The monoisotopic (exact) mass is 322 g/mol. The molecule has 1 amide bonds. The number of ether oxygens (including phenoxy) is 1. The number of benzene rings is 1. The van der Waals surface area contributed by atoms with Gasteiger partial charge in [0, 0.05) is 24.1 Å². The Labute approximate surface area is 135 Å². The van der Waals surface area contributed by atoms with Crippen molar-refractivity contribution in [2.24, 2.45) is 5.73 Å². The van der Waals surface area contributed by atoms with Gasteiger partial charge in [0.2, 0.25) is 11.8 Å². The van der Waals surface area contributed by atoms with E-state index in [4.69, 9.17) is 10.5 Å².